The van der Waals surface area contributed by atoms with E-state index in [-0.39, 0.29) is 0 Å². The number of benzene rings is 1. The Labute approximate surface area is 134 Å². The standard InChI is InChI=1S/C17H27INO/c1-17(2,3)13-7-5-6-8-16(20)18-14-9-11-15(19-4)12-10-14/h9-12,19H,5-8,13H2,1-4H3/q-1. The quantitative estimate of drug-likeness (QED) is 0.416. The van der Waals surface area contributed by atoms with E-state index in [0.717, 1.165) is 18.5 Å². The van der Waals surface area contributed by atoms with Crippen LogP contribution in [0, 0.1) is 8.99 Å². The molecule has 0 heterocycles. The Morgan fingerprint density at radius 3 is 2.30 bits per heavy atom. The molecule has 0 amide bonds. The van der Waals surface area contributed by atoms with Crippen molar-refractivity contribution in [1.82, 2.24) is 0 Å². The van der Waals surface area contributed by atoms with Crippen LogP contribution in [0.15, 0.2) is 24.3 Å². The van der Waals surface area contributed by atoms with E-state index in [9.17, 15) is 4.79 Å². The first-order valence-corrected chi connectivity index (χ1v) is 9.52. The van der Waals surface area contributed by atoms with Gasteiger partial charge in [0.15, 0.2) is 0 Å². The van der Waals surface area contributed by atoms with Gasteiger partial charge < -0.3 is 0 Å². The second kappa shape index (κ2) is 8.65. The van der Waals surface area contributed by atoms with E-state index in [1.165, 1.54) is 22.8 Å². The van der Waals surface area contributed by atoms with E-state index in [0.29, 0.717) is 9.20 Å². The van der Waals surface area contributed by atoms with Crippen molar-refractivity contribution in [1.29, 1.82) is 0 Å². The summed E-state index contributed by atoms with van der Waals surface area (Å²) < 4.78 is 1.69. The summed E-state index contributed by atoms with van der Waals surface area (Å²) in [5, 5.41) is 3.10. The van der Waals surface area contributed by atoms with Crippen molar-refractivity contribution in [2.75, 3.05) is 12.4 Å². The first-order chi connectivity index (χ1) is 9.40. The van der Waals surface area contributed by atoms with Gasteiger partial charge >= 0.3 is 134 Å². The number of unbranched alkanes of at least 4 members (excludes halogenated alkanes) is 2. The van der Waals surface area contributed by atoms with E-state index in [4.69, 9.17) is 0 Å². The zero-order valence-electron chi connectivity index (χ0n) is 13.1. The first kappa shape index (κ1) is 17.5. The SMILES string of the molecule is CNc1ccc([I-]C(=O)CCCCCC(C)(C)C)cc1. The summed E-state index contributed by atoms with van der Waals surface area (Å²) in [5.74, 6) is 0. The Balaban J connectivity index is 2.19. The van der Waals surface area contributed by atoms with Crippen molar-refractivity contribution < 1.29 is 26.0 Å². The molecule has 0 bridgehead atoms. The van der Waals surface area contributed by atoms with Crippen molar-refractivity contribution in [3.05, 3.63) is 27.8 Å². The number of hydrogen-bond acceptors (Lipinski definition) is 2. The van der Waals surface area contributed by atoms with Gasteiger partial charge in [0.05, 0.1) is 0 Å². The van der Waals surface area contributed by atoms with Crippen LogP contribution in [0.1, 0.15) is 52.9 Å². The Morgan fingerprint density at radius 2 is 1.75 bits per heavy atom. The van der Waals surface area contributed by atoms with Gasteiger partial charge in [-0.1, -0.05) is 0 Å². The van der Waals surface area contributed by atoms with Gasteiger partial charge in [-0.05, 0) is 0 Å². The normalized spacial score (nSPS) is 11.6. The van der Waals surface area contributed by atoms with Gasteiger partial charge in [0.25, 0.3) is 0 Å². The van der Waals surface area contributed by atoms with Crippen LogP contribution in [-0.2, 0) is 4.79 Å². The summed E-state index contributed by atoms with van der Waals surface area (Å²) in [6.07, 6.45) is 5.51. The zero-order chi connectivity index (χ0) is 15.0. The van der Waals surface area contributed by atoms with Gasteiger partial charge in [-0.25, -0.2) is 0 Å². The summed E-state index contributed by atoms with van der Waals surface area (Å²) in [6, 6.07) is 8.25. The summed E-state index contributed by atoms with van der Waals surface area (Å²) in [5.41, 5.74) is 1.53. The predicted octanol–water partition coefficient (Wildman–Crippen LogP) is 1.51. The number of nitrogens with one attached hydrogen (secondary N) is 1. The second-order valence-electron chi connectivity index (χ2n) is 6.33. The molecule has 0 saturated carbocycles. The molecule has 20 heavy (non-hydrogen) atoms. The first-order valence-electron chi connectivity index (χ1n) is 7.36. The van der Waals surface area contributed by atoms with Gasteiger partial charge in [-0.15, -0.1) is 0 Å². The molecule has 1 N–H and O–H groups in total. The summed E-state index contributed by atoms with van der Waals surface area (Å²) in [6.45, 7) is 6.83. The van der Waals surface area contributed by atoms with Gasteiger partial charge in [0, 0.05) is 0 Å². The molecule has 0 radical (unpaired) electrons. The van der Waals surface area contributed by atoms with Crippen molar-refractivity contribution in [3.8, 4) is 0 Å². The van der Waals surface area contributed by atoms with E-state index in [1.54, 1.807) is 0 Å². The van der Waals surface area contributed by atoms with E-state index in [1.807, 2.05) is 19.2 Å². The number of halogens is 1. The number of carbonyl (C=O) groups is 1. The number of carbonyl (C=O) groups excluding carboxylic acids is 1. The molecule has 0 aliphatic rings. The van der Waals surface area contributed by atoms with Crippen molar-refractivity contribution in [2.24, 2.45) is 5.41 Å². The third kappa shape index (κ3) is 7.88. The van der Waals surface area contributed by atoms with Crippen LogP contribution in [0.4, 0.5) is 5.69 Å². The van der Waals surface area contributed by atoms with Crippen LogP contribution in [0.2, 0.25) is 0 Å². The summed E-state index contributed by atoms with van der Waals surface area (Å²) in [7, 11) is 1.91. The van der Waals surface area contributed by atoms with E-state index < -0.39 is 21.2 Å². The van der Waals surface area contributed by atoms with Crippen LogP contribution in [0.3, 0.4) is 0 Å². The van der Waals surface area contributed by atoms with Crippen molar-refractivity contribution in [3.63, 3.8) is 0 Å². The minimum atomic E-state index is -0.466. The fourth-order valence-electron chi connectivity index (χ4n) is 1.94. The molecular formula is C17H27INO-. The zero-order valence-corrected chi connectivity index (χ0v) is 15.3. The Morgan fingerprint density at radius 1 is 1.10 bits per heavy atom. The molecule has 0 saturated heterocycles. The molecule has 0 unspecified atom stereocenters. The third-order valence-corrected chi connectivity index (χ3v) is 5.63. The van der Waals surface area contributed by atoms with Crippen molar-refractivity contribution >= 4 is 9.48 Å². The molecular weight excluding hydrogens is 361 g/mol. The molecule has 0 fully saturated rings. The second-order valence-corrected chi connectivity index (χ2v) is 9.32. The number of hydrogen-bond donors (Lipinski definition) is 1. The van der Waals surface area contributed by atoms with Gasteiger partial charge in [0.2, 0.25) is 0 Å². The maximum atomic E-state index is 12.0. The Kier molecular flexibility index (Phi) is 7.56. The molecule has 0 aromatic heterocycles. The minimum absolute atomic E-state index is 0.423. The Bertz CT molecular complexity index is 406. The van der Waals surface area contributed by atoms with E-state index in [2.05, 4.69) is 38.2 Å². The molecule has 114 valence electrons. The number of anilines is 1. The molecule has 1 aromatic carbocycles. The van der Waals surface area contributed by atoms with Crippen LogP contribution < -0.4 is 26.5 Å². The molecule has 2 nitrogen and oxygen atoms in total. The molecule has 0 atom stereocenters. The monoisotopic (exact) mass is 388 g/mol. The van der Waals surface area contributed by atoms with Crippen LogP contribution in [-0.4, -0.2) is 10.8 Å². The third-order valence-electron chi connectivity index (χ3n) is 3.15. The predicted molar refractivity (Wildman–Crippen MR) is 82.2 cm³/mol. The average Bonchev–Trinajstić information content (AvgIpc) is 2.38. The van der Waals surface area contributed by atoms with Gasteiger partial charge in [-0.3, -0.25) is 0 Å². The maximum absolute atomic E-state index is 12.0. The number of rotatable bonds is 8. The molecule has 3 heteroatoms. The van der Waals surface area contributed by atoms with Gasteiger partial charge in [0.1, 0.15) is 0 Å². The molecule has 0 aliphatic heterocycles. The van der Waals surface area contributed by atoms with Crippen LogP contribution in [0.25, 0.3) is 0 Å². The van der Waals surface area contributed by atoms with Crippen LogP contribution >= 0.6 is 0 Å². The fraction of sp³-hybridized carbons (Fsp3) is 0.588. The van der Waals surface area contributed by atoms with Gasteiger partial charge in [-0.2, -0.15) is 0 Å². The fourth-order valence-corrected chi connectivity index (χ4v) is 4.01. The molecule has 0 spiro atoms. The van der Waals surface area contributed by atoms with Crippen molar-refractivity contribution in [2.45, 2.75) is 52.9 Å². The topological polar surface area (TPSA) is 29.1 Å². The van der Waals surface area contributed by atoms with Crippen LogP contribution in [0.5, 0.6) is 0 Å². The molecule has 0 aliphatic carbocycles. The summed E-state index contributed by atoms with van der Waals surface area (Å²) >= 11 is -0.466. The Hall–Kier alpha value is -0.580. The average molecular weight is 388 g/mol. The van der Waals surface area contributed by atoms with E-state index >= 15 is 0 Å². The molecule has 1 aromatic rings. The molecule has 1 rings (SSSR count). The summed E-state index contributed by atoms with van der Waals surface area (Å²) in [4.78, 5) is 12.0.